The predicted molar refractivity (Wildman–Crippen MR) is 94.8 cm³/mol. The predicted octanol–water partition coefficient (Wildman–Crippen LogP) is 2.22. The number of aromatic nitrogens is 5. The van der Waals surface area contributed by atoms with E-state index in [2.05, 4.69) is 15.4 Å². The summed E-state index contributed by atoms with van der Waals surface area (Å²) in [6.07, 6.45) is 3.78. The van der Waals surface area contributed by atoms with Crippen LogP contribution in [0.1, 0.15) is 25.1 Å². The van der Waals surface area contributed by atoms with Crippen LogP contribution in [0.15, 0.2) is 41.6 Å². The maximum absolute atomic E-state index is 12.2. The van der Waals surface area contributed by atoms with Gasteiger partial charge >= 0.3 is 0 Å². The molecule has 0 saturated heterocycles. The molecule has 2 aromatic heterocycles. The highest BCUT2D eigenvalue weighted by atomic mass is 32.2. The van der Waals surface area contributed by atoms with Gasteiger partial charge in [0.05, 0.1) is 28.6 Å². The van der Waals surface area contributed by atoms with Gasteiger partial charge in [-0.1, -0.05) is 17.3 Å². The summed E-state index contributed by atoms with van der Waals surface area (Å²) in [7, 11) is -1.38. The van der Waals surface area contributed by atoms with Crippen LogP contribution in [-0.4, -0.2) is 38.4 Å². The van der Waals surface area contributed by atoms with Gasteiger partial charge in [0.1, 0.15) is 5.69 Å². The van der Waals surface area contributed by atoms with Crippen LogP contribution in [0.3, 0.4) is 0 Å². The summed E-state index contributed by atoms with van der Waals surface area (Å²) in [5.41, 5.74) is 3.58. The summed E-state index contributed by atoms with van der Waals surface area (Å²) in [5, 5.41) is 12.2. The van der Waals surface area contributed by atoms with E-state index in [-0.39, 0.29) is 0 Å². The van der Waals surface area contributed by atoms with Crippen LogP contribution >= 0.6 is 0 Å². The van der Waals surface area contributed by atoms with E-state index in [1.54, 1.807) is 35.3 Å². The maximum atomic E-state index is 12.2. The molecule has 0 N–H and O–H groups in total. The second kappa shape index (κ2) is 6.44. The molecule has 0 radical (unpaired) electrons. The highest BCUT2D eigenvalue weighted by molar-refractivity contribution is 7.92. The molecule has 132 valence electrons. The summed E-state index contributed by atoms with van der Waals surface area (Å²) < 4.78 is 27.8. The fraction of sp³-hybridized carbons (Fsp3) is 0.353. The quantitative estimate of drug-likeness (QED) is 0.697. The number of sulfone groups is 1. The summed E-state index contributed by atoms with van der Waals surface area (Å²) in [6, 6.07) is 6.92. The largest absolute Gasteiger partial charge is 0.275 e. The number of hydrogen-bond acceptors (Lipinski definition) is 5. The van der Waals surface area contributed by atoms with E-state index in [1.807, 2.05) is 38.5 Å². The average molecular weight is 359 g/mol. The lowest BCUT2D eigenvalue weighted by atomic mass is 10.2. The van der Waals surface area contributed by atoms with Crippen LogP contribution in [0, 0.1) is 6.92 Å². The molecule has 2 heterocycles. The van der Waals surface area contributed by atoms with Crippen molar-refractivity contribution in [2.75, 3.05) is 0 Å². The number of nitrogens with zero attached hydrogens (tertiary/aromatic N) is 5. The third-order valence-electron chi connectivity index (χ3n) is 4.05. The third-order valence-corrected chi connectivity index (χ3v) is 6.22. The molecule has 0 aliphatic heterocycles. The van der Waals surface area contributed by atoms with Crippen molar-refractivity contribution in [2.24, 2.45) is 7.05 Å². The molecule has 1 aromatic carbocycles. The molecule has 25 heavy (non-hydrogen) atoms. The first-order valence-corrected chi connectivity index (χ1v) is 9.55. The van der Waals surface area contributed by atoms with Crippen molar-refractivity contribution in [3.8, 4) is 11.3 Å². The van der Waals surface area contributed by atoms with E-state index in [0.29, 0.717) is 11.4 Å². The molecule has 0 amide bonds. The van der Waals surface area contributed by atoms with Crippen molar-refractivity contribution in [3.05, 3.63) is 47.9 Å². The van der Waals surface area contributed by atoms with Crippen LogP contribution in [0.25, 0.3) is 11.3 Å². The van der Waals surface area contributed by atoms with Gasteiger partial charge < -0.3 is 0 Å². The molecule has 0 atom stereocenters. The van der Waals surface area contributed by atoms with Crippen molar-refractivity contribution < 1.29 is 8.42 Å². The third kappa shape index (κ3) is 3.48. The van der Waals surface area contributed by atoms with Crippen molar-refractivity contribution in [1.82, 2.24) is 24.8 Å². The summed E-state index contributed by atoms with van der Waals surface area (Å²) in [5.74, 6) is 0. The molecule has 8 heteroatoms. The number of benzene rings is 1. The van der Waals surface area contributed by atoms with Gasteiger partial charge in [-0.2, -0.15) is 5.10 Å². The molecular weight excluding hydrogens is 338 g/mol. The molecule has 0 spiro atoms. The normalized spacial score (nSPS) is 12.0. The molecule has 0 unspecified atom stereocenters. The lowest BCUT2D eigenvalue weighted by molar-refractivity contribution is 0.587. The van der Waals surface area contributed by atoms with Crippen LogP contribution in [0.5, 0.6) is 0 Å². The zero-order valence-corrected chi connectivity index (χ0v) is 15.5. The monoisotopic (exact) mass is 359 g/mol. The lowest BCUT2D eigenvalue weighted by Gasteiger charge is -2.08. The van der Waals surface area contributed by atoms with E-state index in [9.17, 15) is 8.42 Å². The molecule has 0 aliphatic carbocycles. The minimum atomic E-state index is -3.24. The number of hydrogen-bond donors (Lipinski definition) is 0. The molecular formula is C17H21N5O2S. The van der Waals surface area contributed by atoms with Gasteiger partial charge in [0.2, 0.25) is 0 Å². The molecule has 0 fully saturated rings. The Morgan fingerprint density at radius 2 is 1.80 bits per heavy atom. The Labute approximate surface area is 147 Å². The molecule has 7 nitrogen and oxygen atoms in total. The molecule has 3 rings (SSSR count). The Morgan fingerprint density at radius 1 is 1.12 bits per heavy atom. The second-order valence-electron chi connectivity index (χ2n) is 6.34. The lowest BCUT2D eigenvalue weighted by Crippen LogP contribution is -2.14. The van der Waals surface area contributed by atoms with E-state index in [4.69, 9.17) is 0 Å². The van der Waals surface area contributed by atoms with Gasteiger partial charge in [-0.3, -0.25) is 4.68 Å². The SMILES string of the molecule is Cc1nn(C)cc1-c1cn(Cc2ccc(S(=O)(=O)C(C)C)cc2)nn1. The van der Waals surface area contributed by atoms with Crippen molar-refractivity contribution in [2.45, 2.75) is 37.5 Å². The van der Waals surface area contributed by atoms with Gasteiger partial charge in [0, 0.05) is 18.8 Å². The fourth-order valence-electron chi connectivity index (χ4n) is 2.59. The first-order valence-electron chi connectivity index (χ1n) is 8.01. The van der Waals surface area contributed by atoms with E-state index < -0.39 is 15.1 Å². The minimum absolute atomic E-state index is 0.344. The number of rotatable bonds is 5. The molecule has 3 aromatic rings. The topological polar surface area (TPSA) is 82.7 Å². The molecule has 0 aliphatic rings. The highest BCUT2D eigenvalue weighted by Gasteiger charge is 2.18. The highest BCUT2D eigenvalue weighted by Crippen LogP contribution is 2.20. The molecule has 0 bridgehead atoms. The van der Waals surface area contributed by atoms with E-state index in [0.717, 1.165) is 22.5 Å². The smallest absolute Gasteiger partial charge is 0.180 e. The average Bonchev–Trinajstić information content (AvgIpc) is 3.13. The summed E-state index contributed by atoms with van der Waals surface area (Å²) in [4.78, 5) is 0.344. The zero-order chi connectivity index (χ0) is 18.2. The first-order chi connectivity index (χ1) is 11.8. The Morgan fingerprint density at radius 3 is 2.36 bits per heavy atom. The zero-order valence-electron chi connectivity index (χ0n) is 14.7. The Balaban J connectivity index is 1.79. The van der Waals surface area contributed by atoms with E-state index in [1.165, 1.54) is 0 Å². The van der Waals surface area contributed by atoms with Crippen LogP contribution in [0.2, 0.25) is 0 Å². The van der Waals surface area contributed by atoms with Crippen LogP contribution < -0.4 is 0 Å². The standard InChI is InChI=1S/C17H21N5O2S/c1-12(2)25(23,24)15-7-5-14(6-8-15)9-22-11-17(18-20-22)16-10-21(4)19-13(16)3/h5-8,10-12H,9H2,1-4H3. The second-order valence-corrected chi connectivity index (χ2v) is 8.85. The fourth-order valence-corrected chi connectivity index (χ4v) is 3.65. The minimum Gasteiger partial charge on any atom is -0.275 e. The Bertz CT molecular complexity index is 984. The van der Waals surface area contributed by atoms with Gasteiger partial charge in [-0.15, -0.1) is 5.10 Å². The van der Waals surface area contributed by atoms with E-state index >= 15 is 0 Å². The van der Waals surface area contributed by atoms with Gasteiger partial charge in [0.15, 0.2) is 9.84 Å². The van der Waals surface area contributed by atoms with Gasteiger partial charge in [0.25, 0.3) is 0 Å². The maximum Gasteiger partial charge on any atom is 0.180 e. The number of aryl methyl sites for hydroxylation is 2. The first kappa shape index (κ1) is 17.3. The Kier molecular flexibility index (Phi) is 4.47. The summed E-state index contributed by atoms with van der Waals surface area (Å²) >= 11 is 0. The van der Waals surface area contributed by atoms with Crippen LogP contribution in [-0.2, 0) is 23.4 Å². The van der Waals surface area contributed by atoms with Crippen LogP contribution in [0.4, 0.5) is 0 Å². The van der Waals surface area contributed by atoms with Crippen molar-refractivity contribution in [3.63, 3.8) is 0 Å². The van der Waals surface area contributed by atoms with Gasteiger partial charge in [-0.05, 0) is 38.5 Å². The molecule has 0 saturated carbocycles. The van der Waals surface area contributed by atoms with Crippen molar-refractivity contribution in [1.29, 1.82) is 0 Å². The Hall–Kier alpha value is -2.48. The summed E-state index contributed by atoms with van der Waals surface area (Å²) in [6.45, 7) is 5.82. The van der Waals surface area contributed by atoms with Crippen molar-refractivity contribution >= 4 is 9.84 Å². The van der Waals surface area contributed by atoms with Gasteiger partial charge in [-0.25, -0.2) is 13.1 Å².